The van der Waals surface area contributed by atoms with E-state index in [1.165, 1.54) is 6.33 Å². The van der Waals surface area contributed by atoms with Crippen molar-refractivity contribution < 1.29 is 9.90 Å². The lowest BCUT2D eigenvalue weighted by molar-refractivity contribution is 0.0964. The van der Waals surface area contributed by atoms with E-state index in [1.807, 2.05) is 18.2 Å². The number of piperidine rings is 1. The second kappa shape index (κ2) is 11.3. The van der Waals surface area contributed by atoms with Crippen LogP contribution in [0.4, 0.5) is 11.8 Å². The van der Waals surface area contributed by atoms with Crippen LogP contribution < -0.4 is 15.5 Å². The molecule has 3 aromatic heterocycles. The average molecular weight is 527 g/mol. The number of nitrogens with zero attached hydrogens (tertiary/aromatic N) is 6. The van der Waals surface area contributed by atoms with E-state index in [4.69, 9.17) is 0 Å². The molecule has 0 aliphatic carbocycles. The van der Waals surface area contributed by atoms with Crippen LogP contribution in [0.2, 0.25) is 0 Å². The van der Waals surface area contributed by atoms with E-state index >= 15 is 0 Å². The second-order valence-corrected chi connectivity index (χ2v) is 10.2. The second-order valence-electron chi connectivity index (χ2n) is 10.2. The number of carbonyl (C=O) groups is 1. The Labute approximate surface area is 228 Å². The van der Waals surface area contributed by atoms with Gasteiger partial charge in [-0.1, -0.05) is 32.0 Å². The lowest BCUT2D eigenvalue weighted by atomic mass is 9.78. The van der Waals surface area contributed by atoms with Crippen molar-refractivity contribution >= 4 is 28.6 Å². The quantitative estimate of drug-likeness (QED) is 0.315. The third kappa shape index (κ3) is 5.51. The zero-order valence-corrected chi connectivity index (χ0v) is 22.6. The Hall–Kier alpha value is -4.18. The minimum Gasteiger partial charge on any atom is -0.393 e. The van der Waals surface area contributed by atoms with Crippen LogP contribution in [-0.2, 0) is 5.41 Å². The minimum atomic E-state index is -0.272. The van der Waals surface area contributed by atoms with E-state index in [-0.39, 0.29) is 17.4 Å². The van der Waals surface area contributed by atoms with Crippen LogP contribution in [0.5, 0.6) is 0 Å². The van der Waals surface area contributed by atoms with Gasteiger partial charge in [0, 0.05) is 67.7 Å². The monoisotopic (exact) mass is 526 g/mol. The molecule has 10 nitrogen and oxygen atoms in total. The Morgan fingerprint density at radius 1 is 1.10 bits per heavy atom. The topological polar surface area (TPSA) is 129 Å². The molecule has 0 unspecified atom stereocenters. The van der Waals surface area contributed by atoms with E-state index in [2.05, 4.69) is 60.4 Å². The van der Waals surface area contributed by atoms with Gasteiger partial charge in [0.05, 0.1) is 22.9 Å². The molecule has 1 saturated heterocycles. The molecule has 1 amide bonds. The molecule has 1 aliphatic rings. The van der Waals surface area contributed by atoms with Gasteiger partial charge in [0.25, 0.3) is 5.91 Å². The number of amides is 1. The number of hydrogen-bond donors (Lipinski definition) is 3. The van der Waals surface area contributed by atoms with Gasteiger partial charge in [-0.05, 0) is 30.9 Å². The highest BCUT2D eigenvalue weighted by molar-refractivity contribution is 6.06. The van der Waals surface area contributed by atoms with Crippen LogP contribution in [0.1, 0.15) is 49.0 Å². The first kappa shape index (κ1) is 26.4. The highest BCUT2D eigenvalue weighted by Crippen LogP contribution is 2.34. The largest absolute Gasteiger partial charge is 0.393 e. The number of pyridine rings is 1. The number of aliphatic hydroxyl groups excluding tert-OH is 1. The third-order valence-electron chi connectivity index (χ3n) is 7.68. The van der Waals surface area contributed by atoms with Crippen molar-refractivity contribution in [2.75, 3.05) is 36.9 Å². The van der Waals surface area contributed by atoms with Crippen LogP contribution >= 0.6 is 0 Å². The van der Waals surface area contributed by atoms with Crippen LogP contribution in [0.3, 0.4) is 0 Å². The van der Waals surface area contributed by atoms with Crippen molar-refractivity contribution in [2.45, 2.75) is 44.6 Å². The first-order chi connectivity index (χ1) is 18.9. The van der Waals surface area contributed by atoms with E-state index < -0.39 is 0 Å². The Kier molecular flexibility index (Phi) is 7.65. The Morgan fingerprint density at radius 3 is 2.59 bits per heavy atom. The SMILES string of the molecule is CC[C@](C)(CNc1cc(-c2cnc(N3CCC(O)CC3)nc2)ncn1)c1cccc2c(C(=O)NC)ccnc12. The molecule has 1 fully saturated rings. The Bertz CT molecular complexity index is 1450. The molecule has 4 heterocycles. The first-order valence-corrected chi connectivity index (χ1v) is 13.3. The number of aliphatic hydroxyl groups is 1. The summed E-state index contributed by atoms with van der Waals surface area (Å²) in [7, 11) is 1.63. The molecule has 0 bridgehead atoms. The first-order valence-electron chi connectivity index (χ1n) is 13.3. The van der Waals surface area contributed by atoms with Gasteiger partial charge in [0.2, 0.25) is 5.95 Å². The van der Waals surface area contributed by atoms with Gasteiger partial charge >= 0.3 is 0 Å². The maximum Gasteiger partial charge on any atom is 0.251 e. The van der Waals surface area contributed by atoms with Crippen LogP contribution in [0, 0.1) is 0 Å². The molecular formula is C29H34N8O2. The zero-order valence-electron chi connectivity index (χ0n) is 22.6. The number of carbonyl (C=O) groups excluding carboxylic acids is 1. The van der Waals surface area contributed by atoms with Crippen molar-refractivity contribution in [3.8, 4) is 11.3 Å². The third-order valence-corrected chi connectivity index (χ3v) is 7.68. The van der Waals surface area contributed by atoms with E-state index in [0.29, 0.717) is 23.9 Å². The number of anilines is 2. The normalized spacial score (nSPS) is 15.6. The van der Waals surface area contributed by atoms with Gasteiger partial charge in [-0.25, -0.2) is 19.9 Å². The molecule has 4 aromatic rings. The van der Waals surface area contributed by atoms with E-state index in [9.17, 15) is 9.90 Å². The van der Waals surface area contributed by atoms with E-state index in [0.717, 1.165) is 60.1 Å². The number of para-hydroxylation sites is 1. The summed E-state index contributed by atoms with van der Waals surface area (Å²) in [6.45, 7) is 6.45. The molecule has 3 N–H and O–H groups in total. The molecular weight excluding hydrogens is 492 g/mol. The molecule has 1 aliphatic heterocycles. The number of fused-ring (bicyclic) bond motifs is 1. The number of hydrogen-bond acceptors (Lipinski definition) is 9. The fraction of sp³-hybridized carbons (Fsp3) is 0.379. The summed E-state index contributed by atoms with van der Waals surface area (Å²) >= 11 is 0. The lowest BCUT2D eigenvalue weighted by Gasteiger charge is -2.30. The number of benzene rings is 1. The number of rotatable bonds is 8. The molecule has 1 aromatic carbocycles. The van der Waals surface area contributed by atoms with Crippen molar-refractivity contribution in [2.24, 2.45) is 0 Å². The molecule has 202 valence electrons. The van der Waals surface area contributed by atoms with Gasteiger partial charge in [-0.15, -0.1) is 0 Å². The van der Waals surface area contributed by atoms with Crippen molar-refractivity contribution in [3.05, 3.63) is 66.4 Å². The zero-order chi connectivity index (χ0) is 27.4. The molecule has 39 heavy (non-hydrogen) atoms. The highest BCUT2D eigenvalue weighted by Gasteiger charge is 2.28. The van der Waals surface area contributed by atoms with Gasteiger partial charge in [0.1, 0.15) is 12.1 Å². The molecule has 0 spiro atoms. The number of aromatic nitrogens is 5. The highest BCUT2D eigenvalue weighted by atomic mass is 16.3. The van der Waals surface area contributed by atoms with Crippen molar-refractivity contribution in [1.29, 1.82) is 0 Å². The molecule has 0 radical (unpaired) electrons. The van der Waals surface area contributed by atoms with Crippen LogP contribution in [0.15, 0.2) is 55.2 Å². The summed E-state index contributed by atoms with van der Waals surface area (Å²) in [6.07, 6.45) is 8.86. The Balaban J connectivity index is 1.35. The standard InChI is InChI=1S/C29H34N8O2/c1-4-29(2,23-7-5-6-21-22(27(39)30-3)8-11-31-26(21)23)17-34-25-14-24(35-18-36-25)19-15-32-28(33-16-19)37-12-9-20(38)10-13-37/h5-8,11,14-16,18,20,38H,4,9-10,12-13,17H2,1-3H3,(H,30,39)(H,34,35,36)/t29-/m1/s1. The van der Waals surface area contributed by atoms with Crippen LogP contribution in [0.25, 0.3) is 22.2 Å². The van der Waals surface area contributed by atoms with E-state index in [1.54, 1.807) is 31.7 Å². The van der Waals surface area contributed by atoms with Gasteiger partial charge in [-0.2, -0.15) is 0 Å². The lowest BCUT2D eigenvalue weighted by Crippen LogP contribution is -2.36. The van der Waals surface area contributed by atoms with Crippen LogP contribution in [-0.4, -0.2) is 68.7 Å². The van der Waals surface area contributed by atoms with Crippen molar-refractivity contribution in [1.82, 2.24) is 30.2 Å². The molecule has 5 rings (SSSR count). The maximum absolute atomic E-state index is 12.4. The average Bonchev–Trinajstić information content (AvgIpc) is 2.99. The molecule has 0 saturated carbocycles. The fourth-order valence-corrected chi connectivity index (χ4v) is 4.99. The number of nitrogens with one attached hydrogen (secondary N) is 2. The van der Waals surface area contributed by atoms with Gasteiger partial charge in [-0.3, -0.25) is 9.78 Å². The summed E-state index contributed by atoms with van der Waals surface area (Å²) in [5.74, 6) is 1.24. The molecule has 10 heteroatoms. The van der Waals surface area contributed by atoms with Gasteiger partial charge < -0.3 is 20.6 Å². The smallest absolute Gasteiger partial charge is 0.251 e. The van der Waals surface area contributed by atoms with Crippen molar-refractivity contribution in [3.63, 3.8) is 0 Å². The summed E-state index contributed by atoms with van der Waals surface area (Å²) in [5, 5.41) is 16.8. The fourth-order valence-electron chi connectivity index (χ4n) is 4.99. The minimum absolute atomic E-state index is 0.129. The predicted molar refractivity (Wildman–Crippen MR) is 152 cm³/mol. The molecule has 1 atom stereocenters. The summed E-state index contributed by atoms with van der Waals surface area (Å²) in [4.78, 5) is 37.2. The predicted octanol–water partition coefficient (Wildman–Crippen LogP) is 3.58. The summed E-state index contributed by atoms with van der Waals surface area (Å²) in [5.41, 5.74) is 3.78. The summed E-state index contributed by atoms with van der Waals surface area (Å²) < 4.78 is 0. The van der Waals surface area contributed by atoms with Gasteiger partial charge in [0.15, 0.2) is 0 Å². The maximum atomic E-state index is 12.4. The summed E-state index contributed by atoms with van der Waals surface area (Å²) in [6, 6.07) is 9.66. The Morgan fingerprint density at radius 2 is 1.87 bits per heavy atom.